The van der Waals surface area contributed by atoms with E-state index >= 15 is 0 Å². The minimum Gasteiger partial charge on any atom is -0.380 e. The van der Waals surface area contributed by atoms with Crippen molar-refractivity contribution in [2.75, 3.05) is 33.4 Å². The average molecular weight is 281 g/mol. The topological polar surface area (TPSA) is 37.4 Å². The van der Waals surface area contributed by atoms with Gasteiger partial charge in [-0.3, -0.25) is 4.98 Å². The lowest BCUT2D eigenvalue weighted by Crippen LogP contribution is -2.35. The third-order valence-electron chi connectivity index (χ3n) is 3.86. The van der Waals surface area contributed by atoms with E-state index in [1.165, 1.54) is 12.3 Å². The van der Waals surface area contributed by atoms with E-state index in [-0.39, 0.29) is 11.9 Å². The Hall–Kier alpha value is -1.04. The van der Waals surface area contributed by atoms with Crippen molar-refractivity contribution < 1.29 is 9.13 Å². The molecule has 2 atom stereocenters. The van der Waals surface area contributed by atoms with E-state index in [2.05, 4.69) is 29.2 Å². The van der Waals surface area contributed by atoms with Gasteiger partial charge in [-0.05, 0) is 38.6 Å². The zero-order chi connectivity index (χ0) is 14.4. The summed E-state index contributed by atoms with van der Waals surface area (Å²) in [6.45, 7) is 5.62. The van der Waals surface area contributed by atoms with Gasteiger partial charge in [0, 0.05) is 19.2 Å². The molecular formula is C15H24FN3O. The quantitative estimate of drug-likeness (QED) is 0.829. The van der Waals surface area contributed by atoms with Gasteiger partial charge in [-0.15, -0.1) is 0 Å². The Morgan fingerprint density at radius 3 is 3.00 bits per heavy atom. The number of rotatable bonds is 7. The van der Waals surface area contributed by atoms with Crippen LogP contribution in [0.15, 0.2) is 18.3 Å². The van der Waals surface area contributed by atoms with Gasteiger partial charge >= 0.3 is 0 Å². The number of pyridine rings is 1. The summed E-state index contributed by atoms with van der Waals surface area (Å²) in [5, 5.41) is 3.42. The molecule has 0 saturated carbocycles. The summed E-state index contributed by atoms with van der Waals surface area (Å²) in [5.74, 6) is -0.288. The maximum atomic E-state index is 12.9. The van der Waals surface area contributed by atoms with Gasteiger partial charge in [0.15, 0.2) is 0 Å². The fourth-order valence-corrected chi connectivity index (χ4v) is 2.58. The Bertz CT molecular complexity index is 393. The highest BCUT2D eigenvalue weighted by atomic mass is 19.1. The number of nitrogens with zero attached hydrogens (tertiary/aromatic N) is 2. The Labute approximate surface area is 120 Å². The third kappa shape index (κ3) is 4.23. The number of hydrogen-bond donors (Lipinski definition) is 1. The standard InChI is InChI=1S/C15H24FN3O/c1-3-17-15(14-5-4-12(16)10-18-14)6-8-19(2)13-7-9-20-11-13/h4-5,10,13,15,17H,3,6-9,11H2,1-2H3. The van der Waals surface area contributed by atoms with Crippen molar-refractivity contribution in [3.05, 3.63) is 29.8 Å². The predicted octanol–water partition coefficient (Wildman–Crippen LogP) is 1.98. The van der Waals surface area contributed by atoms with Gasteiger partial charge in [0.1, 0.15) is 5.82 Å². The van der Waals surface area contributed by atoms with Crippen molar-refractivity contribution in [1.29, 1.82) is 0 Å². The van der Waals surface area contributed by atoms with Crippen LogP contribution in [0.5, 0.6) is 0 Å². The summed E-state index contributed by atoms with van der Waals surface area (Å²) in [4.78, 5) is 6.54. The van der Waals surface area contributed by atoms with Crippen molar-refractivity contribution in [2.45, 2.75) is 31.8 Å². The van der Waals surface area contributed by atoms with Gasteiger partial charge in [0.2, 0.25) is 0 Å². The lowest BCUT2D eigenvalue weighted by molar-refractivity contribution is 0.156. The third-order valence-corrected chi connectivity index (χ3v) is 3.86. The molecule has 1 aliphatic heterocycles. The van der Waals surface area contributed by atoms with Crippen LogP contribution in [0.4, 0.5) is 4.39 Å². The molecule has 112 valence electrons. The number of ether oxygens (including phenoxy) is 1. The van der Waals surface area contributed by atoms with E-state index in [0.29, 0.717) is 6.04 Å². The zero-order valence-electron chi connectivity index (χ0n) is 12.3. The van der Waals surface area contributed by atoms with Crippen LogP contribution in [0.1, 0.15) is 31.5 Å². The molecule has 4 nitrogen and oxygen atoms in total. The number of aromatic nitrogens is 1. The van der Waals surface area contributed by atoms with Crippen molar-refractivity contribution in [3.8, 4) is 0 Å². The molecule has 2 rings (SSSR count). The lowest BCUT2D eigenvalue weighted by Gasteiger charge is -2.25. The fourth-order valence-electron chi connectivity index (χ4n) is 2.58. The number of halogens is 1. The van der Waals surface area contributed by atoms with Crippen LogP contribution in [0, 0.1) is 5.82 Å². The average Bonchev–Trinajstić information content (AvgIpc) is 2.98. The Kier molecular flexibility index (Phi) is 5.88. The molecule has 1 fully saturated rings. The fraction of sp³-hybridized carbons (Fsp3) is 0.667. The zero-order valence-corrected chi connectivity index (χ0v) is 12.3. The van der Waals surface area contributed by atoms with E-state index < -0.39 is 0 Å². The summed E-state index contributed by atoms with van der Waals surface area (Å²) < 4.78 is 18.4. The van der Waals surface area contributed by atoms with Gasteiger partial charge in [0.25, 0.3) is 0 Å². The van der Waals surface area contributed by atoms with E-state index in [1.54, 1.807) is 6.07 Å². The van der Waals surface area contributed by atoms with Gasteiger partial charge in [-0.25, -0.2) is 4.39 Å². The van der Waals surface area contributed by atoms with Crippen LogP contribution in [0.3, 0.4) is 0 Å². The molecule has 1 aromatic rings. The number of nitrogens with one attached hydrogen (secondary N) is 1. The number of hydrogen-bond acceptors (Lipinski definition) is 4. The van der Waals surface area contributed by atoms with Crippen molar-refractivity contribution in [2.24, 2.45) is 0 Å². The molecule has 0 radical (unpaired) electrons. The minimum absolute atomic E-state index is 0.172. The van der Waals surface area contributed by atoms with Crippen molar-refractivity contribution in [1.82, 2.24) is 15.2 Å². The summed E-state index contributed by atoms with van der Waals surface area (Å²) >= 11 is 0. The first-order chi connectivity index (χ1) is 9.70. The molecule has 0 bridgehead atoms. The van der Waals surface area contributed by atoms with Gasteiger partial charge in [-0.2, -0.15) is 0 Å². The van der Waals surface area contributed by atoms with Crippen LogP contribution in [0.2, 0.25) is 0 Å². The molecule has 2 heterocycles. The second-order valence-corrected chi connectivity index (χ2v) is 5.30. The molecule has 1 N–H and O–H groups in total. The van der Waals surface area contributed by atoms with E-state index in [9.17, 15) is 4.39 Å². The van der Waals surface area contributed by atoms with Crippen LogP contribution < -0.4 is 5.32 Å². The first-order valence-electron chi connectivity index (χ1n) is 7.33. The van der Waals surface area contributed by atoms with E-state index in [0.717, 1.165) is 44.8 Å². The van der Waals surface area contributed by atoms with Gasteiger partial charge < -0.3 is 15.0 Å². The normalized spacial score (nSPS) is 20.5. The highest BCUT2D eigenvalue weighted by Gasteiger charge is 2.21. The predicted molar refractivity (Wildman–Crippen MR) is 77.1 cm³/mol. The smallest absolute Gasteiger partial charge is 0.141 e. The summed E-state index contributed by atoms with van der Waals surface area (Å²) in [7, 11) is 2.14. The van der Waals surface area contributed by atoms with Crippen LogP contribution in [-0.2, 0) is 4.74 Å². The summed E-state index contributed by atoms with van der Waals surface area (Å²) in [6.07, 6.45) is 3.35. The molecule has 1 saturated heterocycles. The monoisotopic (exact) mass is 281 g/mol. The Morgan fingerprint density at radius 2 is 2.40 bits per heavy atom. The van der Waals surface area contributed by atoms with Crippen molar-refractivity contribution in [3.63, 3.8) is 0 Å². The largest absolute Gasteiger partial charge is 0.380 e. The molecule has 0 amide bonds. The molecule has 1 aliphatic rings. The second-order valence-electron chi connectivity index (χ2n) is 5.30. The lowest BCUT2D eigenvalue weighted by atomic mass is 10.1. The molecule has 0 aliphatic carbocycles. The Balaban J connectivity index is 1.89. The molecular weight excluding hydrogens is 257 g/mol. The van der Waals surface area contributed by atoms with Crippen LogP contribution >= 0.6 is 0 Å². The highest BCUT2D eigenvalue weighted by Crippen LogP contribution is 2.17. The first-order valence-corrected chi connectivity index (χ1v) is 7.33. The molecule has 5 heteroatoms. The van der Waals surface area contributed by atoms with Crippen LogP contribution in [0.25, 0.3) is 0 Å². The van der Waals surface area contributed by atoms with E-state index in [1.807, 2.05) is 0 Å². The Morgan fingerprint density at radius 1 is 1.55 bits per heavy atom. The number of likely N-dealkylation sites (N-methyl/N-ethyl adjacent to an activating group) is 1. The molecule has 2 unspecified atom stereocenters. The summed E-state index contributed by atoms with van der Waals surface area (Å²) in [6, 6.07) is 3.94. The van der Waals surface area contributed by atoms with Gasteiger partial charge in [-0.1, -0.05) is 6.92 Å². The maximum absolute atomic E-state index is 12.9. The minimum atomic E-state index is -0.288. The SMILES string of the molecule is CCNC(CCN(C)C1CCOC1)c1ccc(F)cn1. The second kappa shape index (κ2) is 7.67. The molecule has 1 aromatic heterocycles. The molecule has 0 aromatic carbocycles. The first kappa shape index (κ1) is 15.4. The molecule has 20 heavy (non-hydrogen) atoms. The molecule has 0 spiro atoms. The maximum Gasteiger partial charge on any atom is 0.141 e. The van der Waals surface area contributed by atoms with Crippen LogP contribution in [-0.4, -0.2) is 49.3 Å². The van der Waals surface area contributed by atoms with E-state index in [4.69, 9.17) is 4.74 Å². The van der Waals surface area contributed by atoms with Crippen molar-refractivity contribution >= 4 is 0 Å². The van der Waals surface area contributed by atoms with Gasteiger partial charge in [0.05, 0.1) is 24.5 Å². The summed E-state index contributed by atoms with van der Waals surface area (Å²) in [5.41, 5.74) is 0.907. The highest BCUT2D eigenvalue weighted by molar-refractivity contribution is 5.10.